The molecule has 0 bridgehead atoms. The van der Waals surface area contributed by atoms with Gasteiger partial charge in [-0.25, -0.2) is 13.1 Å². The third kappa shape index (κ3) is 3.74. The molecule has 9 nitrogen and oxygen atoms in total. The lowest BCUT2D eigenvalue weighted by atomic mass is 10.1. The highest BCUT2D eigenvalue weighted by Gasteiger charge is 2.35. The van der Waals surface area contributed by atoms with Crippen LogP contribution >= 0.6 is 0 Å². The van der Waals surface area contributed by atoms with Crippen LogP contribution in [0.5, 0.6) is 0 Å². The number of sulfonamides is 1. The molecule has 2 amide bonds. The predicted molar refractivity (Wildman–Crippen MR) is 86.3 cm³/mol. The van der Waals surface area contributed by atoms with Crippen LogP contribution in [0, 0.1) is 6.92 Å². The van der Waals surface area contributed by atoms with Crippen molar-refractivity contribution in [3.63, 3.8) is 0 Å². The van der Waals surface area contributed by atoms with Gasteiger partial charge in [-0.3, -0.25) is 14.5 Å². The van der Waals surface area contributed by atoms with Crippen molar-refractivity contribution in [3.05, 3.63) is 47.2 Å². The predicted octanol–water partition coefficient (Wildman–Crippen LogP) is 0.136. The van der Waals surface area contributed by atoms with Gasteiger partial charge in [0, 0.05) is 26.4 Å². The van der Waals surface area contributed by atoms with Gasteiger partial charge in [-0.05, 0) is 12.1 Å². The summed E-state index contributed by atoms with van der Waals surface area (Å²) in [5.74, 6) is -0.584. The molecule has 0 spiro atoms. The molecule has 132 valence electrons. The number of imide groups is 1. The molecular weight excluding hydrogens is 348 g/mol. The van der Waals surface area contributed by atoms with Crippen molar-refractivity contribution in [1.29, 1.82) is 0 Å². The molecule has 3 rings (SSSR count). The van der Waals surface area contributed by atoms with E-state index in [9.17, 15) is 18.0 Å². The lowest BCUT2D eigenvalue weighted by Crippen LogP contribution is -2.38. The molecule has 0 saturated heterocycles. The molecule has 10 heteroatoms. The van der Waals surface area contributed by atoms with Crippen LogP contribution in [-0.4, -0.2) is 54.2 Å². The van der Waals surface area contributed by atoms with E-state index in [4.69, 9.17) is 4.42 Å². The first kappa shape index (κ1) is 17.2. The summed E-state index contributed by atoms with van der Waals surface area (Å²) >= 11 is 0. The molecule has 25 heavy (non-hydrogen) atoms. The zero-order valence-electron chi connectivity index (χ0n) is 13.4. The van der Waals surface area contributed by atoms with Gasteiger partial charge in [0.05, 0.1) is 16.9 Å². The Morgan fingerprint density at radius 2 is 1.76 bits per heavy atom. The van der Waals surface area contributed by atoms with Gasteiger partial charge in [-0.1, -0.05) is 12.1 Å². The first-order chi connectivity index (χ1) is 11.9. The Bertz CT molecular complexity index is 887. The van der Waals surface area contributed by atoms with Crippen molar-refractivity contribution >= 4 is 21.8 Å². The first-order valence-corrected chi connectivity index (χ1v) is 9.24. The van der Waals surface area contributed by atoms with Crippen LogP contribution in [0.15, 0.2) is 28.7 Å². The van der Waals surface area contributed by atoms with Crippen LogP contribution in [0.25, 0.3) is 0 Å². The summed E-state index contributed by atoms with van der Waals surface area (Å²) < 4.78 is 31.6. The minimum atomic E-state index is -3.65. The van der Waals surface area contributed by atoms with Gasteiger partial charge < -0.3 is 4.42 Å². The highest BCUT2D eigenvalue weighted by molar-refractivity contribution is 7.89. The summed E-state index contributed by atoms with van der Waals surface area (Å²) in [7, 11) is -3.65. The fraction of sp³-hybridized carbons (Fsp3) is 0.333. The Morgan fingerprint density at radius 1 is 1.12 bits per heavy atom. The molecule has 0 atom stereocenters. The molecule has 2 aromatic rings. The number of aryl methyl sites for hydroxylation is 1. The Labute approximate surface area is 144 Å². The number of carbonyl (C=O) groups excluding carboxylic acids is 2. The Morgan fingerprint density at radius 3 is 2.32 bits per heavy atom. The van der Waals surface area contributed by atoms with Crippen molar-refractivity contribution in [3.8, 4) is 0 Å². The average molecular weight is 364 g/mol. The van der Waals surface area contributed by atoms with E-state index in [1.54, 1.807) is 31.2 Å². The van der Waals surface area contributed by atoms with Crippen LogP contribution in [0.2, 0.25) is 0 Å². The second-order valence-electron chi connectivity index (χ2n) is 5.49. The number of carbonyl (C=O) groups is 2. The number of rotatable bonds is 7. The highest BCUT2D eigenvalue weighted by atomic mass is 32.2. The molecular formula is C15H16N4O5S. The fourth-order valence-corrected chi connectivity index (χ4v) is 3.46. The Balaban J connectivity index is 1.54. The molecule has 0 fully saturated rings. The van der Waals surface area contributed by atoms with Crippen LogP contribution in [0.3, 0.4) is 0 Å². The summed E-state index contributed by atoms with van der Waals surface area (Å²) in [6, 6.07) is 6.42. The quantitative estimate of drug-likeness (QED) is 0.693. The minimum absolute atomic E-state index is 0.0894. The fourth-order valence-electron chi connectivity index (χ4n) is 2.48. The summed E-state index contributed by atoms with van der Waals surface area (Å²) in [4.78, 5) is 25.3. The number of nitrogens with zero attached hydrogens (tertiary/aromatic N) is 3. The van der Waals surface area contributed by atoms with E-state index >= 15 is 0 Å². The second kappa shape index (κ2) is 6.73. The van der Waals surface area contributed by atoms with Crippen LogP contribution in [-0.2, 0) is 16.4 Å². The highest BCUT2D eigenvalue weighted by Crippen LogP contribution is 2.22. The normalized spacial score (nSPS) is 14.2. The van der Waals surface area contributed by atoms with Crippen molar-refractivity contribution in [1.82, 2.24) is 19.8 Å². The molecule has 1 aromatic heterocycles. The first-order valence-electron chi connectivity index (χ1n) is 7.59. The SMILES string of the molecule is Cc1nnc(CCNS(=O)(=O)CCN2C(=O)c3ccccc3C2=O)o1. The van der Waals surface area contributed by atoms with Gasteiger partial charge in [0.25, 0.3) is 11.8 Å². The molecule has 1 aliphatic rings. The van der Waals surface area contributed by atoms with Crippen LogP contribution in [0.1, 0.15) is 32.5 Å². The zero-order valence-corrected chi connectivity index (χ0v) is 14.2. The van der Waals surface area contributed by atoms with Gasteiger partial charge in [0.1, 0.15) is 0 Å². The number of fused-ring (bicyclic) bond motifs is 1. The smallest absolute Gasteiger partial charge is 0.261 e. The maximum atomic E-state index is 12.2. The topological polar surface area (TPSA) is 122 Å². The second-order valence-corrected chi connectivity index (χ2v) is 7.41. The monoisotopic (exact) mass is 364 g/mol. The number of nitrogens with one attached hydrogen (secondary N) is 1. The van der Waals surface area contributed by atoms with Gasteiger partial charge in [-0.15, -0.1) is 10.2 Å². The lowest BCUT2D eigenvalue weighted by molar-refractivity contribution is 0.0664. The van der Waals surface area contributed by atoms with Crippen LogP contribution < -0.4 is 4.72 Å². The third-order valence-corrected chi connectivity index (χ3v) is 5.05. The molecule has 2 heterocycles. The van der Waals surface area contributed by atoms with Crippen LogP contribution in [0.4, 0.5) is 0 Å². The Hall–Kier alpha value is -2.59. The van der Waals surface area contributed by atoms with E-state index < -0.39 is 21.8 Å². The van der Waals surface area contributed by atoms with Gasteiger partial charge in [0.15, 0.2) is 0 Å². The number of hydrogen-bond donors (Lipinski definition) is 1. The molecule has 0 radical (unpaired) electrons. The summed E-state index contributed by atoms with van der Waals surface area (Å²) in [5, 5.41) is 7.42. The minimum Gasteiger partial charge on any atom is -0.426 e. The number of amides is 2. The van der Waals surface area contributed by atoms with Gasteiger partial charge >= 0.3 is 0 Å². The third-order valence-electron chi connectivity index (χ3n) is 3.69. The summed E-state index contributed by atoms with van der Waals surface area (Å²) in [6.07, 6.45) is 0.257. The number of hydrogen-bond acceptors (Lipinski definition) is 7. The number of benzene rings is 1. The summed E-state index contributed by atoms with van der Waals surface area (Å²) in [5.41, 5.74) is 0.592. The largest absolute Gasteiger partial charge is 0.426 e. The molecule has 0 unspecified atom stereocenters. The van der Waals surface area contributed by atoms with Crippen molar-refractivity contribution in [2.45, 2.75) is 13.3 Å². The molecule has 0 aliphatic carbocycles. The van der Waals surface area contributed by atoms with Crippen molar-refractivity contribution < 1.29 is 22.4 Å². The number of aromatic nitrogens is 2. The van der Waals surface area contributed by atoms with Crippen molar-refractivity contribution in [2.75, 3.05) is 18.8 Å². The van der Waals surface area contributed by atoms with E-state index in [1.807, 2.05) is 0 Å². The lowest BCUT2D eigenvalue weighted by Gasteiger charge is -2.14. The van der Waals surface area contributed by atoms with E-state index in [1.165, 1.54) is 0 Å². The zero-order chi connectivity index (χ0) is 18.0. The van der Waals surface area contributed by atoms with E-state index in [2.05, 4.69) is 14.9 Å². The van der Waals surface area contributed by atoms with E-state index in [0.717, 1.165) is 4.90 Å². The summed E-state index contributed by atoms with van der Waals surface area (Å²) in [6.45, 7) is 1.52. The molecule has 1 aromatic carbocycles. The van der Waals surface area contributed by atoms with Crippen molar-refractivity contribution in [2.24, 2.45) is 0 Å². The molecule has 1 aliphatic heterocycles. The van der Waals surface area contributed by atoms with Gasteiger partial charge in [0.2, 0.25) is 21.8 Å². The maximum Gasteiger partial charge on any atom is 0.261 e. The standard InChI is InChI=1S/C15H16N4O5S/c1-10-17-18-13(24-10)6-7-16-25(22,23)9-8-19-14(20)11-4-2-3-5-12(11)15(19)21/h2-5,16H,6-9H2,1H3. The maximum absolute atomic E-state index is 12.2. The molecule has 1 N–H and O–H groups in total. The Kier molecular flexibility index (Phi) is 4.64. The average Bonchev–Trinajstić information content (AvgIpc) is 3.09. The van der Waals surface area contributed by atoms with Gasteiger partial charge in [-0.2, -0.15) is 0 Å². The molecule has 0 saturated carbocycles. The van der Waals surface area contributed by atoms with E-state index in [0.29, 0.717) is 22.9 Å². The van der Waals surface area contributed by atoms with E-state index in [-0.39, 0.29) is 25.3 Å².